The molecular formula is C19H20ClN5. The van der Waals surface area contributed by atoms with Gasteiger partial charge in [-0.15, -0.1) is 10.2 Å². The monoisotopic (exact) mass is 353 g/mol. The molecule has 6 heteroatoms. The number of hydrogen-bond donors (Lipinski definition) is 1. The number of pyridine rings is 1. The third-order valence-corrected chi connectivity index (χ3v) is 4.92. The van der Waals surface area contributed by atoms with Gasteiger partial charge in [0.15, 0.2) is 5.82 Å². The van der Waals surface area contributed by atoms with E-state index in [1.807, 2.05) is 36.5 Å². The van der Waals surface area contributed by atoms with Crippen molar-refractivity contribution in [3.63, 3.8) is 0 Å². The molecule has 1 atom stereocenters. The standard InChI is InChI=1S/C19H20ClN5/c1-25-10-2-3-15(12-25)22-19-17-11-21-9-8-16(17)18(23-24-19)13-4-6-14(20)7-5-13/h4-9,11,15H,2-3,10,12H2,1H3,(H,22,24)/t15-/m1/s1. The second kappa shape index (κ2) is 6.94. The predicted molar refractivity (Wildman–Crippen MR) is 102 cm³/mol. The lowest BCUT2D eigenvalue weighted by Crippen LogP contribution is -2.40. The SMILES string of the molecule is CN1CCC[C@@H](Nc2nnc(-c3ccc(Cl)cc3)c3ccncc23)C1. The molecule has 1 N–H and O–H groups in total. The first-order chi connectivity index (χ1) is 12.2. The van der Waals surface area contributed by atoms with Gasteiger partial charge in [0.1, 0.15) is 5.69 Å². The molecule has 25 heavy (non-hydrogen) atoms. The Morgan fingerprint density at radius 1 is 1.12 bits per heavy atom. The van der Waals surface area contributed by atoms with Crippen LogP contribution in [-0.2, 0) is 0 Å². The topological polar surface area (TPSA) is 53.9 Å². The first-order valence-electron chi connectivity index (χ1n) is 8.52. The molecule has 5 nitrogen and oxygen atoms in total. The predicted octanol–water partition coefficient (Wildman–Crippen LogP) is 3.85. The molecule has 0 aliphatic carbocycles. The number of nitrogens with one attached hydrogen (secondary N) is 1. The normalized spacial score (nSPS) is 18.4. The molecule has 0 unspecified atom stereocenters. The van der Waals surface area contributed by atoms with E-state index in [9.17, 15) is 0 Å². The lowest BCUT2D eigenvalue weighted by atomic mass is 10.0. The van der Waals surface area contributed by atoms with Gasteiger partial charge in [-0.05, 0) is 44.6 Å². The fourth-order valence-electron chi connectivity index (χ4n) is 3.40. The van der Waals surface area contributed by atoms with Gasteiger partial charge in [-0.3, -0.25) is 4.98 Å². The molecule has 0 spiro atoms. The summed E-state index contributed by atoms with van der Waals surface area (Å²) in [4.78, 5) is 6.64. The van der Waals surface area contributed by atoms with E-state index in [1.165, 1.54) is 6.42 Å². The summed E-state index contributed by atoms with van der Waals surface area (Å²) >= 11 is 6.00. The van der Waals surface area contributed by atoms with Crippen molar-refractivity contribution < 1.29 is 0 Å². The summed E-state index contributed by atoms with van der Waals surface area (Å²) in [5, 5.41) is 15.3. The minimum Gasteiger partial charge on any atom is -0.364 e. The third-order valence-electron chi connectivity index (χ3n) is 4.66. The Morgan fingerprint density at radius 2 is 1.96 bits per heavy atom. The van der Waals surface area contributed by atoms with Crippen LogP contribution in [0.15, 0.2) is 42.7 Å². The van der Waals surface area contributed by atoms with E-state index in [1.54, 1.807) is 6.20 Å². The number of rotatable bonds is 3. The van der Waals surface area contributed by atoms with Gasteiger partial charge in [-0.2, -0.15) is 0 Å². The van der Waals surface area contributed by atoms with Crippen LogP contribution in [-0.4, -0.2) is 46.3 Å². The highest BCUT2D eigenvalue weighted by Gasteiger charge is 2.19. The van der Waals surface area contributed by atoms with E-state index in [4.69, 9.17) is 11.6 Å². The van der Waals surface area contributed by atoms with Crippen molar-refractivity contribution in [2.75, 3.05) is 25.5 Å². The number of hydrogen-bond acceptors (Lipinski definition) is 5. The number of benzene rings is 1. The van der Waals surface area contributed by atoms with Crippen LogP contribution in [0.3, 0.4) is 0 Å². The minimum atomic E-state index is 0.387. The van der Waals surface area contributed by atoms with Crippen molar-refractivity contribution in [2.24, 2.45) is 0 Å². The highest BCUT2D eigenvalue weighted by atomic mass is 35.5. The van der Waals surface area contributed by atoms with Crippen LogP contribution >= 0.6 is 11.6 Å². The van der Waals surface area contributed by atoms with E-state index in [0.717, 1.165) is 47.4 Å². The third kappa shape index (κ3) is 3.43. The molecule has 2 aromatic heterocycles. The first-order valence-corrected chi connectivity index (χ1v) is 8.90. The summed E-state index contributed by atoms with van der Waals surface area (Å²) < 4.78 is 0. The van der Waals surface area contributed by atoms with Crippen LogP contribution in [0.5, 0.6) is 0 Å². The van der Waals surface area contributed by atoms with E-state index in [0.29, 0.717) is 11.1 Å². The summed E-state index contributed by atoms with van der Waals surface area (Å²) in [7, 11) is 2.16. The fraction of sp³-hybridized carbons (Fsp3) is 0.316. The van der Waals surface area contributed by atoms with Crippen molar-refractivity contribution in [1.82, 2.24) is 20.1 Å². The summed E-state index contributed by atoms with van der Waals surface area (Å²) in [6, 6.07) is 10.1. The highest BCUT2D eigenvalue weighted by Crippen LogP contribution is 2.30. The lowest BCUT2D eigenvalue weighted by molar-refractivity contribution is 0.261. The molecule has 1 saturated heterocycles. The smallest absolute Gasteiger partial charge is 0.158 e. The number of anilines is 1. The molecule has 0 radical (unpaired) electrons. The van der Waals surface area contributed by atoms with Crippen LogP contribution in [0.4, 0.5) is 5.82 Å². The van der Waals surface area contributed by atoms with Gasteiger partial charge in [0.05, 0.1) is 0 Å². The Morgan fingerprint density at radius 3 is 2.76 bits per heavy atom. The fourth-order valence-corrected chi connectivity index (χ4v) is 3.53. The first kappa shape index (κ1) is 16.2. The second-order valence-corrected chi connectivity index (χ2v) is 7.01. The molecule has 128 valence electrons. The molecule has 0 bridgehead atoms. The Hall–Kier alpha value is -2.24. The van der Waals surface area contributed by atoms with E-state index in [-0.39, 0.29) is 0 Å². The van der Waals surface area contributed by atoms with Crippen molar-refractivity contribution in [1.29, 1.82) is 0 Å². The summed E-state index contributed by atoms with van der Waals surface area (Å²) in [5.74, 6) is 0.807. The molecule has 1 aliphatic rings. The molecule has 0 amide bonds. The van der Waals surface area contributed by atoms with E-state index in [2.05, 4.69) is 32.4 Å². The van der Waals surface area contributed by atoms with Crippen molar-refractivity contribution in [2.45, 2.75) is 18.9 Å². The van der Waals surface area contributed by atoms with Gasteiger partial charge in [-0.25, -0.2) is 0 Å². The van der Waals surface area contributed by atoms with Crippen LogP contribution in [0.2, 0.25) is 5.02 Å². The van der Waals surface area contributed by atoms with Crippen LogP contribution in [0.1, 0.15) is 12.8 Å². The number of likely N-dealkylation sites (tertiary alicyclic amines) is 1. The van der Waals surface area contributed by atoms with Crippen molar-refractivity contribution >= 4 is 28.2 Å². The zero-order chi connectivity index (χ0) is 17.2. The quantitative estimate of drug-likeness (QED) is 0.775. The average molecular weight is 354 g/mol. The maximum absolute atomic E-state index is 6.00. The van der Waals surface area contributed by atoms with Gasteiger partial charge in [0.2, 0.25) is 0 Å². The van der Waals surface area contributed by atoms with Gasteiger partial charge in [0, 0.05) is 46.3 Å². The number of fused-ring (bicyclic) bond motifs is 1. The zero-order valence-electron chi connectivity index (χ0n) is 14.1. The summed E-state index contributed by atoms with van der Waals surface area (Å²) in [5.41, 5.74) is 1.84. The van der Waals surface area contributed by atoms with E-state index >= 15 is 0 Å². The van der Waals surface area contributed by atoms with Gasteiger partial charge in [-0.1, -0.05) is 23.7 Å². The summed E-state index contributed by atoms with van der Waals surface area (Å²) in [6.07, 6.45) is 5.99. The molecule has 1 fully saturated rings. The number of piperidine rings is 1. The van der Waals surface area contributed by atoms with Gasteiger partial charge >= 0.3 is 0 Å². The number of nitrogens with zero attached hydrogens (tertiary/aromatic N) is 4. The van der Waals surface area contributed by atoms with Crippen molar-refractivity contribution in [3.8, 4) is 11.3 Å². The largest absolute Gasteiger partial charge is 0.364 e. The Labute approximate surface area is 152 Å². The number of likely N-dealkylation sites (N-methyl/N-ethyl adjacent to an activating group) is 1. The minimum absolute atomic E-state index is 0.387. The Balaban J connectivity index is 1.73. The average Bonchev–Trinajstić information content (AvgIpc) is 2.63. The van der Waals surface area contributed by atoms with Crippen LogP contribution in [0.25, 0.3) is 22.0 Å². The maximum atomic E-state index is 6.00. The lowest BCUT2D eigenvalue weighted by Gasteiger charge is -2.30. The van der Waals surface area contributed by atoms with Gasteiger partial charge in [0.25, 0.3) is 0 Å². The van der Waals surface area contributed by atoms with Crippen LogP contribution in [0, 0.1) is 0 Å². The van der Waals surface area contributed by atoms with E-state index < -0.39 is 0 Å². The molecular weight excluding hydrogens is 334 g/mol. The number of halogens is 1. The maximum Gasteiger partial charge on any atom is 0.158 e. The summed E-state index contributed by atoms with van der Waals surface area (Å²) in [6.45, 7) is 2.17. The molecule has 0 saturated carbocycles. The highest BCUT2D eigenvalue weighted by molar-refractivity contribution is 6.30. The molecule has 3 aromatic rings. The zero-order valence-corrected chi connectivity index (χ0v) is 14.9. The van der Waals surface area contributed by atoms with Gasteiger partial charge < -0.3 is 10.2 Å². The Bertz CT molecular complexity index is 881. The molecule has 1 aliphatic heterocycles. The second-order valence-electron chi connectivity index (χ2n) is 6.57. The molecule has 4 rings (SSSR count). The Kier molecular flexibility index (Phi) is 4.51. The molecule has 1 aromatic carbocycles. The van der Waals surface area contributed by atoms with Crippen LogP contribution < -0.4 is 5.32 Å². The molecule has 3 heterocycles. The number of aromatic nitrogens is 3. The van der Waals surface area contributed by atoms with Crippen molar-refractivity contribution in [3.05, 3.63) is 47.7 Å².